The molecule has 1 atom stereocenters. The minimum Gasteiger partial charge on any atom is -0.497 e. The first-order chi connectivity index (χ1) is 10.2. The van der Waals surface area contributed by atoms with E-state index in [1.54, 1.807) is 14.2 Å². The van der Waals surface area contributed by atoms with Crippen molar-refractivity contribution in [2.45, 2.75) is 25.8 Å². The van der Waals surface area contributed by atoms with Crippen LogP contribution in [0.3, 0.4) is 0 Å². The van der Waals surface area contributed by atoms with E-state index < -0.39 is 0 Å². The Hall–Kier alpha value is -2.00. The summed E-state index contributed by atoms with van der Waals surface area (Å²) in [6, 6.07) is 14.0. The van der Waals surface area contributed by atoms with Gasteiger partial charge in [-0.2, -0.15) is 0 Å². The molecule has 2 aromatic rings. The van der Waals surface area contributed by atoms with E-state index in [1.807, 2.05) is 18.2 Å². The molecule has 3 heteroatoms. The van der Waals surface area contributed by atoms with Crippen LogP contribution in [0.5, 0.6) is 11.5 Å². The van der Waals surface area contributed by atoms with Crippen LogP contribution in [0.15, 0.2) is 42.5 Å². The first kappa shape index (κ1) is 15.4. The van der Waals surface area contributed by atoms with Gasteiger partial charge in [0.15, 0.2) is 0 Å². The third-order valence-corrected chi connectivity index (χ3v) is 3.65. The van der Waals surface area contributed by atoms with Crippen molar-refractivity contribution in [3.05, 3.63) is 59.2 Å². The van der Waals surface area contributed by atoms with Crippen LogP contribution in [-0.4, -0.2) is 14.2 Å². The lowest BCUT2D eigenvalue weighted by Crippen LogP contribution is -2.13. The fourth-order valence-corrected chi connectivity index (χ4v) is 2.44. The van der Waals surface area contributed by atoms with Gasteiger partial charge in [0.1, 0.15) is 11.5 Å². The lowest BCUT2D eigenvalue weighted by atomic mass is 9.97. The monoisotopic (exact) mass is 285 g/mol. The van der Waals surface area contributed by atoms with Gasteiger partial charge in [-0.25, -0.2) is 0 Å². The summed E-state index contributed by atoms with van der Waals surface area (Å²) in [7, 11) is 3.29. The number of aryl methyl sites for hydroxylation is 1. The van der Waals surface area contributed by atoms with E-state index in [4.69, 9.17) is 15.2 Å². The lowest BCUT2D eigenvalue weighted by Gasteiger charge is -2.17. The van der Waals surface area contributed by atoms with Crippen LogP contribution in [0.4, 0.5) is 0 Å². The van der Waals surface area contributed by atoms with E-state index in [2.05, 4.69) is 31.2 Å². The van der Waals surface area contributed by atoms with E-state index in [0.29, 0.717) is 0 Å². The van der Waals surface area contributed by atoms with Gasteiger partial charge in [-0.3, -0.25) is 0 Å². The first-order valence-corrected chi connectivity index (χ1v) is 7.26. The van der Waals surface area contributed by atoms with Gasteiger partial charge in [-0.15, -0.1) is 0 Å². The second-order valence-corrected chi connectivity index (χ2v) is 5.08. The van der Waals surface area contributed by atoms with E-state index in [1.165, 1.54) is 5.56 Å². The summed E-state index contributed by atoms with van der Waals surface area (Å²) in [5.41, 5.74) is 9.77. The van der Waals surface area contributed by atoms with Gasteiger partial charge in [0.25, 0.3) is 0 Å². The molecule has 0 saturated carbocycles. The highest BCUT2D eigenvalue weighted by molar-refractivity contribution is 5.46. The van der Waals surface area contributed by atoms with Crippen molar-refractivity contribution in [3.8, 4) is 11.5 Å². The highest BCUT2D eigenvalue weighted by Crippen LogP contribution is 2.31. The number of rotatable bonds is 6. The Morgan fingerprint density at radius 1 is 1.00 bits per heavy atom. The van der Waals surface area contributed by atoms with Crippen molar-refractivity contribution in [2.24, 2.45) is 5.73 Å². The molecule has 2 N–H and O–H groups in total. The molecular formula is C18H23NO2. The zero-order valence-corrected chi connectivity index (χ0v) is 12.9. The van der Waals surface area contributed by atoms with E-state index in [0.717, 1.165) is 35.5 Å². The minimum absolute atomic E-state index is 0.207. The molecule has 0 bridgehead atoms. The van der Waals surface area contributed by atoms with Gasteiger partial charge < -0.3 is 15.2 Å². The van der Waals surface area contributed by atoms with Crippen LogP contribution in [0, 0.1) is 0 Å². The SMILES string of the molecule is CCCc1ccc(C(N)c2ccc(OC)cc2OC)cc1. The normalized spacial score (nSPS) is 12.0. The topological polar surface area (TPSA) is 44.5 Å². The predicted molar refractivity (Wildman–Crippen MR) is 86.0 cm³/mol. The van der Waals surface area contributed by atoms with E-state index >= 15 is 0 Å². The van der Waals surface area contributed by atoms with Crippen molar-refractivity contribution >= 4 is 0 Å². The number of benzene rings is 2. The zero-order valence-electron chi connectivity index (χ0n) is 12.9. The molecule has 0 amide bonds. The van der Waals surface area contributed by atoms with Crippen LogP contribution < -0.4 is 15.2 Å². The molecule has 2 rings (SSSR count). The van der Waals surface area contributed by atoms with E-state index in [9.17, 15) is 0 Å². The summed E-state index contributed by atoms with van der Waals surface area (Å²) in [4.78, 5) is 0. The molecule has 3 nitrogen and oxygen atoms in total. The van der Waals surface area contributed by atoms with Crippen LogP contribution in [0.25, 0.3) is 0 Å². The van der Waals surface area contributed by atoms with Crippen molar-refractivity contribution in [1.82, 2.24) is 0 Å². The predicted octanol–water partition coefficient (Wildman–Crippen LogP) is 3.70. The summed E-state index contributed by atoms with van der Waals surface area (Å²) < 4.78 is 10.7. The number of hydrogen-bond donors (Lipinski definition) is 1. The highest BCUT2D eigenvalue weighted by Gasteiger charge is 2.14. The van der Waals surface area contributed by atoms with Crippen LogP contribution in [-0.2, 0) is 6.42 Å². The molecule has 2 aromatic carbocycles. The first-order valence-electron chi connectivity index (χ1n) is 7.26. The summed E-state index contributed by atoms with van der Waals surface area (Å²) in [6.07, 6.45) is 2.25. The average Bonchev–Trinajstić information content (AvgIpc) is 2.54. The largest absolute Gasteiger partial charge is 0.497 e. The molecule has 0 aliphatic heterocycles. The average molecular weight is 285 g/mol. The zero-order chi connectivity index (χ0) is 15.2. The van der Waals surface area contributed by atoms with E-state index in [-0.39, 0.29) is 6.04 Å². The summed E-state index contributed by atoms with van der Waals surface area (Å²) in [6.45, 7) is 2.18. The fourth-order valence-electron chi connectivity index (χ4n) is 2.44. The van der Waals surface area contributed by atoms with Gasteiger partial charge in [-0.05, 0) is 29.7 Å². The van der Waals surface area contributed by atoms with Crippen molar-refractivity contribution in [1.29, 1.82) is 0 Å². The van der Waals surface area contributed by atoms with Crippen LogP contribution in [0.2, 0.25) is 0 Å². The Balaban J connectivity index is 2.28. The maximum Gasteiger partial charge on any atom is 0.127 e. The molecule has 0 radical (unpaired) electrons. The second-order valence-electron chi connectivity index (χ2n) is 5.08. The third kappa shape index (κ3) is 3.56. The molecule has 0 aromatic heterocycles. The molecule has 21 heavy (non-hydrogen) atoms. The minimum atomic E-state index is -0.207. The quantitative estimate of drug-likeness (QED) is 0.880. The fraction of sp³-hybridized carbons (Fsp3) is 0.333. The Morgan fingerprint density at radius 2 is 1.71 bits per heavy atom. The molecule has 0 saturated heterocycles. The second kappa shape index (κ2) is 7.14. The Kier molecular flexibility index (Phi) is 5.23. The molecule has 0 fully saturated rings. The number of hydrogen-bond acceptors (Lipinski definition) is 3. The standard InChI is InChI=1S/C18H23NO2/c1-4-5-13-6-8-14(9-7-13)18(19)16-11-10-15(20-2)12-17(16)21-3/h6-12,18H,4-5,19H2,1-3H3. The number of methoxy groups -OCH3 is 2. The Labute approximate surface area is 126 Å². The van der Waals surface area contributed by atoms with Crippen LogP contribution in [0.1, 0.15) is 36.1 Å². The summed E-state index contributed by atoms with van der Waals surface area (Å²) in [5.74, 6) is 1.51. The van der Waals surface area contributed by atoms with Gasteiger partial charge in [0.2, 0.25) is 0 Å². The molecule has 0 aliphatic rings. The van der Waals surface area contributed by atoms with Crippen LogP contribution >= 0.6 is 0 Å². The maximum atomic E-state index is 6.39. The van der Waals surface area contributed by atoms with Gasteiger partial charge >= 0.3 is 0 Å². The molecule has 0 heterocycles. The van der Waals surface area contributed by atoms with Crippen molar-refractivity contribution in [3.63, 3.8) is 0 Å². The third-order valence-electron chi connectivity index (χ3n) is 3.65. The lowest BCUT2D eigenvalue weighted by molar-refractivity contribution is 0.390. The highest BCUT2D eigenvalue weighted by atomic mass is 16.5. The maximum absolute atomic E-state index is 6.39. The molecular weight excluding hydrogens is 262 g/mol. The summed E-state index contributed by atoms with van der Waals surface area (Å²) >= 11 is 0. The molecule has 0 spiro atoms. The van der Waals surface area contributed by atoms with Gasteiger partial charge in [0, 0.05) is 11.6 Å². The van der Waals surface area contributed by atoms with Crippen molar-refractivity contribution in [2.75, 3.05) is 14.2 Å². The number of ether oxygens (including phenoxy) is 2. The van der Waals surface area contributed by atoms with Crippen molar-refractivity contribution < 1.29 is 9.47 Å². The Morgan fingerprint density at radius 3 is 2.29 bits per heavy atom. The molecule has 112 valence electrons. The Bertz CT molecular complexity index is 578. The van der Waals surface area contributed by atoms with Gasteiger partial charge in [-0.1, -0.05) is 37.6 Å². The molecule has 0 aliphatic carbocycles. The summed E-state index contributed by atoms with van der Waals surface area (Å²) in [5, 5.41) is 0. The molecule has 1 unspecified atom stereocenters. The van der Waals surface area contributed by atoms with Gasteiger partial charge in [0.05, 0.1) is 20.3 Å². The number of nitrogens with two attached hydrogens (primary N) is 1. The smallest absolute Gasteiger partial charge is 0.127 e.